The van der Waals surface area contributed by atoms with E-state index in [1.54, 1.807) is 4.90 Å². The lowest BCUT2D eigenvalue weighted by Gasteiger charge is -2.30. The molecule has 1 aromatic carbocycles. The number of benzene rings is 1. The van der Waals surface area contributed by atoms with Crippen molar-refractivity contribution in [2.24, 2.45) is 0 Å². The van der Waals surface area contributed by atoms with Gasteiger partial charge in [-0.3, -0.25) is 9.59 Å². The van der Waals surface area contributed by atoms with E-state index in [-0.39, 0.29) is 37.0 Å². The van der Waals surface area contributed by atoms with Crippen LogP contribution in [0.25, 0.3) is 16.6 Å². The highest BCUT2D eigenvalue weighted by molar-refractivity contribution is 5.92. The minimum absolute atomic E-state index is 0.0592. The van der Waals surface area contributed by atoms with Crippen molar-refractivity contribution >= 4 is 28.4 Å². The average molecular weight is 411 g/mol. The maximum Gasteiger partial charge on any atom is 0.306 e. The Hall–Kier alpha value is -2.96. The first-order chi connectivity index (χ1) is 14.2. The summed E-state index contributed by atoms with van der Waals surface area (Å²) in [6.45, 7) is 11.5. The number of nitrogens with zero attached hydrogens (tertiary/aromatic N) is 4. The van der Waals surface area contributed by atoms with Crippen LogP contribution >= 0.6 is 0 Å². The number of aromatic nitrogens is 3. The van der Waals surface area contributed by atoms with E-state index in [0.717, 1.165) is 33.5 Å². The number of hydrogen-bond acceptors (Lipinski definition) is 5. The molecule has 1 amide bonds. The summed E-state index contributed by atoms with van der Waals surface area (Å²) in [4.78, 5) is 31.1. The van der Waals surface area contributed by atoms with Crippen molar-refractivity contribution in [1.82, 2.24) is 19.5 Å². The van der Waals surface area contributed by atoms with Gasteiger partial charge in [0.25, 0.3) is 5.91 Å². The van der Waals surface area contributed by atoms with E-state index in [9.17, 15) is 9.59 Å². The second-order valence-corrected chi connectivity index (χ2v) is 8.16. The molecule has 0 spiro atoms. The lowest BCUT2D eigenvalue weighted by Crippen LogP contribution is -2.44. The Balaban J connectivity index is 1.69. The Kier molecular flexibility index (Phi) is 6.39. The molecule has 2 aromatic heterocycles. The maximum absolute atomic E-state index is 12.4. The Bertz CT molecular complexity index is 1080. The zero-order chi connectivity index (χ0) is 22.0. The van der Waals surface area contributed by atoms with Gasteiger partial charge in [-0.1, -0.05) is 12.1 Å². The summed E-state index contributed by atoms with van der Waals surface area (Å²) in [7, 11) is 0. The quantitative estimate of drug-likeness (QED) is 0.556. The van der Waals surface area contributed by atoms with Crippen LogP contribution in [0.15, 0.2) is 24.3 Å². The summed E-state index contributed by atoms with van der Waals surface area (Å²) in [5.74, 6) is -0.563. The monoisotopic (exact) mass is 410 g/mol. The second kappa shape index (κ2) is 8.81. The molecule has 0 saturated carbocycles. The van der Waals surface area contributed by atoms with Crippen LogP contribution in [0.4, 0.5) is 0 Å². The molecule has 0 N–H and O–H groups in total. The molecule has 0 fully saturated rings. The molecule has 0 bridgehead atoms. The summed E-state index contributed by atoms with van der Waals surface area (Å²) < 4.78 is 7.09. The van der Waals surface area contributed by atoms with E-state index in [4.69, 9.17) is 9.72 Å². The summed E-state index contributed by atoms with van der Waals surface area (Å²) in [6, 6.07) is 8.02. The van der Waals surface area contributed by atoms with Crippen LogP contribution in [0.2, 0.25) is 0 Å². The number of amides is 1. The number of ether oxygens (including phenoxy) is 1. The van der Waals surface area contributed by atoms with E-state index >= 15 is 0 Å². The minimum Gasteiger partial charge on any atom is -0.456 e. The Morgan fingerprint density at radius 1 is 1.10 bits per heavy atom. The van der Waals surface area contributed by atoms with Gasteiger partial charge in [0.2, 0.25) is 0 Å². The van der Waals surface area contributed by atoms with Crippen molar-refractivity contribution in [2.75, 3.05) is 6.61 Å². The van der Waals surface area contributed by atoms with Crippen molar-refractivity contribution in [3.63, 3.8) is 0 Å². The molecule has 3 rings (SSSR count). The molecular weight excluding hydrogens is 380 g/mol. The van der Waals surface area contributed by atoms with Gasteiger partial charge >= 0.3 is 5.97 Å². The maximum atomic E-state index is 12.4. The fourth-order valence-electron chi connectivity index (χ4n) is 4.03. The third-order valence-electron chi connectivity index (χ3n) is 5.35. The normalized spacial score (nSPS) is 11.6. The first-order valence-electron chi connectivity index (χ1n) is 10.4. The summed E-state index contributed by atoms with van der Waals surface area (Å²) in [6.07, 6.45) is 0.675. The van der Waals surface area contributed by atoms with Gasteiger partial charge in [0.05, 0.1) is 5.52 Å². The van der Waals surface area contributed by atoms with Gasteiger partial charge in [0, 0.05) is 35.3 Å². The predicted octanol–water partition coefficient (Wildman–Crippen LogP) is 3.62. The van der Waals surface area contributed by atoms with Crippen LogP contribution in [0, 0.1) is 13.8 Å². The van der Waals surface area contributed by atoms with Crippen LogP contribution in [0.3, 0.4) is 0 Å². The number of rotatable bonds is 7. The lowest BCUT2D eigenvalue weighted by molar-refractivity contribution is -0.153. The molecule has 0 atom stereocenters. The molecule has 0 radical (unpaired) electrons. The minimum atomic E-state index is -0.389. The molecule has 0 saturated heterocycles. The fraction of sp³-hybridized carbons (Fsp3) is 0.478. The third-order valence-corrected chi connectivity index (χ3v) is 5.35. The Labute approximate surface area is 177 Å². The highest BCUT2D eigenvalue weighted by atomic mass is 16.5. The Morgan fingerprint density at radius 2 is 1.77 bits per heavy atom. The van der Waals surface area contributed by atoms with Crippen LogP contribution in [-0.4, -0.2) is 50.1 Å². The van der Waals surface area contributed by atoms with E-state index in [0.29, 0.717) is 6.42 Å². The summed E-state index contributed by atoms with van der Waals surface area (Å²) in [5, 5.41) is 5.65. The van der Waals surface area contributed by atoms with E-state index < -0.39 is 0 Å². The number of hydrogen-bond donors (Lipinski definition) is 0. The molecule has 30 heavy (non-hydrogen) atoms. The highest BCUT2D eigenvalue weighted by Crippen LogP contribution is 2.23. The molecule has 7 nitrogen and oxygen atoms in total. The molecule has 160 valence electrons. The SMILES string of the molecule is Cc1nc2c3ccccc3nn2c(C)c1CCC(=O)OCC(=O)N(C(C)C)C(C)C. The van der Waals surface area contributed by atoms with Crippen molar-refractivity contribution in [1.29, 1.82) is 0 Å². The molecule has 0 aliphatic carbocycles. The van der Waals surface area contributed by atoms with Crippen molar-refractivity contribution in [3.8, 4) is 0 Å². The van der Waals surface area contributed by atoms with Gasteiger partial charge in [-0.15, -0.1) is 0 Å². The van der Waals surface area contributed by atoms with Gasteiger partial charge in [0.1, 0.15) is 0 Å². The lowest BCUT2D eigenvalue weighted by atomic mass is 10.1. The molecule has 0 aliphatic heterocycles. The molecule has 0 aliphatic rings. The predicted molar refractivity (Wildman–Crippen MR) is 116 cm³/mol. The van der Waals surface area contributed by atoms with Gasteiger partial charge < -0.3 is 9.64 Å². The number of carbonyl (C=O) groups excluding carboxylic acids is 2. The second-order valence-electron chi connectivity index (χ2n) is 8.16. The summed E-state index contributed by atoms with van der Waals surface area (Å²) in [5.41, 5.74) is 4.52. The zero-order valence-electron chi connectivity index (χ0n) is 18.6. The molecule has 7 heteroatoms. The molecule has 2 heterocycles. The van der Waals surface area contributed by atoms with Gasteiger partial charge in [-0.2, -0.15) is 5.10 Å². The third kappa shape index (κ3) is 4.30. The number of fused-ring (bicyclic) bond motifs is 3. The van der Waals surface area contributed by atoms with E-state index in [1.807, 2.05) is 70.3 Å². The smallest absolute Gasteiger partial charge is 0.306 e. The van der Waals surface area contributed by atoms with Gasteiger partial charge in [0.15, 0.2) is 12.3 Å². The van der Waals surface area contributed by atoms with Crippen LogP contribution < -0.4 is 0 Å². The molecule has 0 unspecified atom stereocenters. The molecule has 3 aromatic rings. The largest absolute Gasteiger partial charge is 0.456 e. The van der Waals surface area contributed by atoms with Crippen molar-refractivity contribution in [2.45, 2.75) is 66.5 Å². The molecular formula is C23H30N4O3. The first-order valence-corrected chi connectivity index (χ1v) is 10.4. The van der Waals surface area contributed by atoms with E-state index in [1.165, 1.54) is 0 Å². The number of aryl methyl sites for hydroxylation is 2. The van der Waals surface area contributed by atoms with Crippen LogP contribution in [0.5, 0.6) is 0 Å². The zero-order valence-corrected chi connectivity index (χ0v) is 18.6. The van der Waals surface area contributed by atoms with Gasteiger partial charge in [-0.25, -0.2) is 9.50 Å². The standard InChI is InChI=1S/C23H30N4O3/c1-14(2)26(15(3)4)21(28)13-30-22(29)12-11-18-16(5)24-23-19-9-7-8-10-20(19)25-27(23)17(18)6/h7-10,14-15H,11-13H2,1-6H3. The fourth-order valence-corrected chi connectivity index (χ4v) is 4.03. The highest BCUT2D eigenvalue weighted by Gasteiger charge is 2.21. The van der Waals surface area contributed by atoms with Crippen LogP contribution in [0.1, 0.15) is 51.1 Å². The number of esters is 1. The summed E-state index contributed by atoms with van der Waals surface area (Å²) >= 11 is 0. The topological polar surface area (TPSA) is 76.8 Å². The van der Waals surface area contributed by atoms with Crippen molar-refractivity contribution in [3.05, 3.63) is 41.2 Å². The van der Waals surface area contributed by atoms with Gasteiger partial charge in [-0.05, 0) is 65.7 Å². The van der Waals surface area contributed by atoms with Crippen LogP contribution in [-0.2, 0) is 20.7 Å². The van der Waals surface area contributed by atoms with E-state index in [2.05, 4.69) is 5.10 Å². The number of carbonyl (C=O) groups is 2. The van der Waals surface area contributed by atoms with Crippen molar-refractivity contribution < 1.29 is 14.3 Å². The Morgan fingerprint density at radius 3 is 2.43 bits per heavy atom. The average Bonchev–Trinajstić information content (AvgIpc) is 3.04. The first kappa shape index (κ1) is 21.7.